The van der Waals surface area contributed by atoms with E-state index in [-0.39, 0.29) is 27.7 Å². The lowest BCUT2D eigenvalue weighted by atomic mass is 10.1. The van der Waals surface area contributed by atoms with Gasteiger partial charge in [0, 0.05) is 5.56 Å². The van der Waals surface area contributed by atoms with Crippen LogP contribution in [0.5, 0.6) is 11.5 Å². The molecule has 0 radical (unpaired) electrons. The van der Waals surface area contributed by atoms with Gasteiger partial charge in [0.05, 0.1) is 19.8 Å². The van der Waals surface area contributed by atoms with E-state index in [1.165, 1.54) is 14.2 Å². The number of hydrogen-bond acceptors (Lipinski definition) is 5. The Morgan fingerprint density at radius 1 is 0.897 bits per heavy atom. The molecule has 0 unspecified atom stereocenters. The van der Waals surface area contributed by atoms with E-state index in [1.54, 1.807) is 18.2 Å². The monoisotopic (exact) mass is 427 g/mol. The minimum absolute atomic E-state index is 0.0361. The SMILES string of the molecule is COc1cccc(OC)c1C(=O)NC(=S)NNC(=O)c1ccc(C(F)(F)F)cc1. The zero-order valence-corrected chi connectivity index (χ0v) is 16.0. The summed E-state index contributed by atoms with van der Waals surface area (Å²) in [6.07, 6.45) is -4.50. The number of nitrogens with one attached hydrogen (secondary N) is 3. The van der Waals surface area contributed by atoms with Crippen molar-refractivity contribution in [1.82, 2.24) is 16.2 Å². The number of carbonyl (C=O) groups is 2. The van der Waals surface area contributed by atoms with E-state index < -0.39 is 23.6 Å². The molecule has 2 rings (SSSR count). The molecule has 2 amide bonds. The van der Waals surface area contributed by atoms with Gasteiger partial charge in [-0.15, -0.1) is 0 Å². The highest BCUT2D eigenvalue weighted by Gasteiger charge is 2.30. The summed E-state index contributed by atoms with van der Waals surface area (Å²) in [5.74, 6) is -0.900. The van der Waals surface area contributed by atoms with E-state index in [4.69, 9.17) is 21.7 Å². The summed E-state index contributed by atoms with van der Waals surface area (Å²) in [7, 11) is 2.76. The van der Waals surface area contributed by atoms with Gasteiger partial charge in [0.2, 0.25) is 0 Å². The molecule has 0 aliphatic carbocycles. The Hall–Kier alpha value is -3.34. The summed E-state index contributed by atoms with van der Waals surface area (Å²) in [5.41, 5.74) is 3.66. The van der Waals surface area contributed by atoms with Crippen LogP contribution in [0.3, 0.4) is 0 Å². The Morgan fingerprint density at radius 3 is 1.93 bits per heavy atom. The van der Waals surface area contributed by atoms with E-state index in [0.29, 0.717) is 0 Å². The van der Waals surface area contributed by atoms with Gasteiger partial charge < -0.3 is 9.47 Å². The van der Waals surface area contributed by atoms with Crippen LogP contribution in [-0.4, -0.2) is 31.1 Å². The van der Waals surface area contributed by atoms with Gasteiger partial charge in [0.1, 0.15) is 17.1 Å². The molecule has 11 heteroatoms. The predicted molar refractivity (Wildman–Crippen MR) is 102 cm³/mol. The summed E-state index contributed by atoms with van der Waals surface area (Å²) in [6.45, 7) is 0. The molecular weight excluding hydrogens is 411 g/mol. The minimum Gasteiger partial charge on any atom is -0.496 e. The predicted octanol–water partition coefficient (Wildman–Crippen LogP) is 2.67. The van der Waals surface area contributed by atoms with Gasteiger partial charge in [0.25, 0.3) is 11.8 Å². The summed E-state index contributed by atoms with van der Waals surface area (Å²) < 4.78 is 47.9. The van der Waals surface area contributed by atoms with Crippen molar-refractivity contribution in [3.8, 4) is 11.5 Å². The second kappa shape index (κ2) is 9.24. The lowest BCUT2D eigenvalue weighted by Gasteiger charge is -2.14. The lowest BCUT2D eigenvalue weighted by Crippen LogP contribution is -2.48. The van der Waals surface area contributed by atoms with E-state index in [2.05, 4.69) is 16.2 Å². The van der Waals surface area contributed by atoms with Crippen molar-refractivity contribution in [3.05, 3.63) is 59.2 Å². The van der Waals surface area contributed by atoms with E-state index >= 15 is 0 Å². The molecule has 2 aromatic rings. The van der Waals surface area contributed by atoms with Crippen LogP contribution in [0.1, 0.15) is 26.3 Å². The summed E-state index contributed by atoms with van der Waals surface area (Å²) >= 11 is 4.94. The van der Waals surface area contributed by atoms with Crippen molar-refractivity contribution < 1.29 is 32.2 Å². The van der Waals surface area contributed by atoms with Crippen molar-refractivity contribution in [2.24, 2.45) is 0 Å². The Labute approximate surface area is 169 Å². The maximum Gasteiger partial charge on any atom is 0.416 e. The molecule has 7 nitrogen and oxygen atoms in total. The third kappa shape index (κ3) is 5.57. The summed E-state index contributed by atoms with van der Waals surface area (Å²) in [5, 5.41) is 2.09. The van der Waals surface area contributed by atoms with Crippen molar-refractivity contribution >= 4 is 29.1 Å². The lowest BCUT2D eigenvalue weighted by molar-refractivity contribution is -0.137. The molecule has 0 spiro atoms. The number of halogens is 3. The molecule has 2 aromatic carbocycles. The minimum atomic E-state index is -4.50. The Kier molecular flexibility index (Phi) is 6.99. The fourth-order valence-electron chi connectivity index (χ4n) is 2.27. The van der Waals surface area contributed by atoms with Crippen LogP contribution in [0.15, 0.2) is 42.5 Å². The van der Waals surface area contributed by atoms with Crippen molar-refractivity contribution in [1.29, 1.82) is 0 Å². The van der Waals surface area contributed by atoms with Crippen LogP contribution < -0.4 is 25.6 Å². The zero-order chi connectivity index (χ0) is 21.6. The Bertz CT molecular complexity index is 895. The number of amides is 2. The van der Waals surface area contributed by atoms with E-state index in [1.807, 2.05) is 0 Å². The molecule has 29 heavy (non-hydrogen) atoms. The van der Waals surface area contributed by atoms with Gasteiger partial charge >= 0.3 is 6.18 Å². The molecule has 0 atom stereocenters. The van der Waals surface area contributed by atoms with Gasteiger partial charge in [0.15, 0.2) is 5.11 Å². The number of benzene rings is 2. The van der Waals surface area contributed by atoms with Crippen LogP contribution in [0.25, 0.3) is 0 Å². The van der Waals surface area contributed by atoms with Gasteiger partial charge in [-0.1, -0.05) is 6.07 Å². The average molecular weight is 427 g/mol. The number of rotatable bonds is 4. The number of hydrazine groups is 1. The second-order valence-electron chi connectivity index (χ2n) is 5.48. The van der Waals surface area contributed by atoms with Crippen LogP contribution in [0, 0.1) is 0 Å². The highest BCUT2D eigenvalue weighted by atomic mass is 32.1. The molecule has 0 aliphatic heterocycles. The highest BCUT2D eigenvalue weighted by molar-refractivity contribution is 7.80. The third-order valence-electron chi connectivity index (χ3n) is 3.65. The van der Waals surface area contributed by atoms with E-state index in [9.17, 15) is 22.8 Å². The normalized spacial score (nSPS) is 10.7. The first-order chi connectivity index (χ1) is 13.7. The topological polar surface area (TPSA) is 88.7 Å². The van der Waals surface area contributed by atoms with E-state index in [0.717, 1.165) is 24.3 Å². The fraction of sp³-hybridized carbons (Fsp3) is 0.167. The van der Waals surface area contributed by atoms with Crippen molar-refractivity contribution in [3.63, 3.8) is 0 Å². The highest BCUT2D eigenvalue weighted by Crippen LogP contribution is 2.29. The molecule has 0 bridgehead atoms. The Balaban J connectivity index is 1.98. The Morgan fingerprint density at radius 2 is 1.45 bits per heavy atom. The number of thiocarbonyl (C=S) groups is 1. The molecule has 0 heterocycles. The van der Waals surface area contributed by atoms with Gasteiger partial charge in [-0.2, -0.15) is 13.2 Å². The first-order valence-electron chi connectivity index (χ1n) is 7.97. The second-order valence-corrected chi connectivity index (χ2v) is 5.88. The number of hydrogen-bond donors (Lipinski definition) is 3. The third-order valence-corrected chi connectivity index (χ3v) is 3.85. The fourth-order valence-corrected chi connectivity index (χ4v) is 2.41. The number of carbonyl (C=O) groups excluding carboxylic acids is 2. The average Bonchev–Trinajstić information content (AvgIpc) is 2.70. The largest absolute Gasteiger partial charge is 0.496 e. The molecular formula is C18H16F3N3O4S. The molecule has 0 aliphatic rings. The first kappa shape index (κ1) is 22.0. The first-order valence-corrected chi connectivity index (χ1v) is 8.38. The molecule has 0 fully saturated rings. The molecule has 0 aromatic heterocycles. The number of alkyl halides is 3. The smallest absolute Gasteiger partial charge is 0.416 e. The number of methoxy groups -OCH3 is 2. The van der Waals surface area contributed by atoms with Gasteiger partial charge in [-0.3, -0.25) is 25.8 Å². The summed E-state index contributed by atoms with van der Waals surface area (Å²) in [6, 6.07) is 8.34. The molecule has 154 valence electrons. The molecule has 0 saturated heterocycles. The summed E-state index contributed by atoms with van der Waals surface area (Å²) in [4.78, 5) is 24.4. The quantitative estimate of drug-likeness (QED) is 0.514. The maximum absolute atomic E-state index is 12.6. The van der Waals surface area contributed by atoms with Crippen LogP contribution in [0.2, 0.25) is 0 Å². The van der Waals surface area contributed by atoms with Crippen molar-refractivity contribution in [2.45, 2.75) is 6.18 Å². The van der Waals surface area contributed by atoms with Gasteiger partial charge in [-0.05, 0) is 48.6 Å². The number of ether oxygens (including phenoxy) is 2. The van der Waals surface area contributed by atoms with Crippen LogP contribution in [0.4, 0.5) is 13.2 Å². The maximum atomic E-state index is 12.6. The standard InChI is InChI=1S/C18H16F3N3O4S/c1-27-12-4-3-5-13(28-2)14(12)16(26)22-17(29)24-23-15(25)10-6-8-11(9-7-10)18(19,20)21/h3-9H,1-2H3,(H,23,25)(H2,22,24,26,29). The molecule has 0 saturated carbocycles. The van der Waals surface area contributed by atoms with Crippen molar-refractivity contribution in [2.75, 3.05) is 14.2 Å². The van der Waals surface area contributed by atoms with Crippen LogP contribution >= 0.6 is 12.2 Å². The zero-order valence-electron chi connectivity index (χ0n) is 15.2. The molecule has 3 N–H and O–H groups in total. The van der Waals surface area contributed by atoms with Gasteiger partial charge in [-0.25, -0.2) is 0 Å². The van der Waals surface area contributed by atoms with Crippen LogP contribution in [-0.2, 0) is 6.18 Å².